The Morgan fingerprint density at radius 1 is 0.853 bits per heavy atom. The van der Waals surface area contributed by atoms with Crippen molar-refractivity contribution in [2.75, 3.05) is 37.7 Å². The van der Waals surface area contributed by atoms with Crippen LogP contribution in [0.1, 0.15) is 12.5 Å². The van der Waals surface area contributed by atoms with Crippen LogP contribution in [0.3, 0.4) is 0 Å². The number of hydrogen-bond acceptors (Lipinski definition) is 5. The number of hydrogen-bond donors (Lipinski definition) is 0. The van der Waals surface area contributed by atoms with E-state index < -0.39 is 0 Å². The van der Waals surface area contributed by atoms with Gasteiger partial charge in [0, 0.05) is 31.7 Å². The lowest BCUT2D eigenvalue weighted by atomic mass is 10.0. The van der Waals surface area contributed by atoms with Gasteiger partial charge in [-0.3, -0.25) is 4.79 Å². The van der Waals surface area contributed by atoms with Gasteiger partial charge in [-0.2, -0.15) is 0 Å². The quantitative estimate of drug-likeness (QED) is 0.428. The first-order chi connectivity index (χ1) is 16.7. The van der Waals surface area contributed by atoms with Gasteiger partial charge in [0.05, 0.1) is 5.69 Å². The number of aryl methyl sites for hydroxylation is 1. The zero-order valence-corrected chi connectivity index (χ0v) is 19.4. The third-order valence-corrected chi connectivity index (χ3v) is 6.38. The molecule has 0 saturated carbocycles. The summed E-state index contributed by atoms with van der Waals surface area (Å²) in [6.45, 7) is 4.88. The van der Waals surface area contributed by atoms with E-state index in [1.807, 2.05) is 59.5 Å². The molecular weight excluding hydrogens is 424 g/mol. The van der Waals surface area contributed by atoms with Crippen molar-refractivity contribution < 1.29 is 9.53 Å². The molecule has 1 aromatic heterocycles. The molecule has 5 rings (SSSR count). The average molecular weight is 453 g/mol. The Bertz CT molecular complexity index is 1280. The maximum atomic E-state index is 12.7. The van der Waals surface area contributed by atoms with E-state index in [9.17, 15) is 4.79 Å². The summed E-state index contributed by atoms with van der Waals surface area (Å²) in [5.41, 5.74) is 3.06. The number of nitrogens with zero attached hydrogens (tertiary/aromatic N) is 4. The molecule has 0 radical (unpaired) electrons. The molecule has 172 valence electrons. The Balaban J connectivity index is 1.19. The number of benzene rings is 3. The minimum Gasteiger partial charge on any atom is -0.483 e. The van der Waals surface area contributed by atoms with Crippen molar-refractivity contribution in [1.29, 1.82) is 0 Å². The van der Waals surface area contributed by atoms with Crippen molar-refractivity contribution in [3.63, 3.8) is 0 Å². The molecule has 2 heterocycles. The molecule has 3 aromatic carbocycles. The summed E-state index contributed by atoms with van der Waals surface area (Å²) in [4.78, 5) is 16.7. The van der Waals surface area contributed by atoms with Gasteiger partial charge in [-0.15, -0.1) is 10.2 Å². The third kappa shape index (κ3) is 4.57. The Hall–Kier alpha value is -3.93. The standard InChI is InChI=1S/C28H28N4O2/c1-2-21-8-4-6-13-26(21)34-20-28(33)32-18-16-31(17-19-32)27-15-14-25(29-30-27)24-12-7-10-22-9-3-5-11-23(22)24/h3-15H,2,16-20H2,1H3. The Morgan fingerprint density at radius 2 is 1.62 bits per heavy atom. The second-order valence-electron chi connectivity index (χ2n) is 8.42. The molecule has 0 atom stereocenters. The number of fused-ring (bicyclic) bond motifs is 1. The first-order valence-corrected chi connectivity index (χ1v) is 11.8. The summed E-state index contributed by atoms with van der Waals surface area (Å²) in [7, 11) is 0. The minimum atomic E-state index is 0.0166. The lowest BCUT2D eigenvalue weighted by molar-refractivity contribution is -0.133. The summed E-state index contributed by atoms with van der Waals surface area (Å²) in [5, 5.41) is 11.4. The van der Waals surface area contributed by atoms with Crippen LogP contribution in [-0.2, 0) is 11.2 Å². The highest BCUT2D eigenvalue weighted by molar-refractivity contribution is 5.95. The predicted octanol–water partition coefficient (Wildman–Crippen LogP) is 4.59. The first kappa shape index (κ1) is 21.9. The van der Waals surface area contributed by atoms with Gasteiger partial charge in [0.15, 0.2) is 12.4 Å². The normalized spacial score (nSPS) is 13.8. The predicted molar refractivity (Wildman–Crippen MR) is 135 cm³/mol. The van der Waals surface area contributed by atoms with E-state index in [4.69, 9.17) is 4.74 Å². The van der Waals surface area contributed by atoms with E-state index in [0.717, 1.165) is 47.9 Å². The van der Waals surface area contributed by atoms with E-state index >= 15 is 0 Å². The molecule has 34 heavy (non-hydrogen) atoms. The fourth-order valence-electron chi connectivity index (χ4n) is 4.44. The highest BCUT2D eigenvalue weighted by atomic mass is 16.5. The van der Waals surface area contributed by atoms with Crippen LogP contribution in [0, 0.1) is 0 Å². The van der Waals surface area contributed by atoms with E-state index in [0.29, 0.717) is 13.1 Å². The van der Waals surface area contributed by atoms with Crippen molar-refractivity contribution in [1.82, 2.24) is 15.1 Å². The molecule has 0 bridgehead atoms. The Morgan fingerprint density at radius 3 is 2.41 bits per heavy atom. The highest BCUT2D eigenvalue weighted by Gasteiger charge is 2.23. The number of aromatic nitrogens is 2. The molecule has 1 aliphatic rings. The summed E-state index contributed by atoms with van der Waals surface area (Å²) in [6.07, 6.45) is 0.878. The van der Waals surface area contributed by atoms with Crippen molar-refractivity contribution in [3.05, 3.63) is 84.4 Å². The lowest BCUT2D eigenvalue weighted by Gasteiger charge is -2.35. The first-order valence-electron chi connectivity index (χ1n) is 11.8. The van der Waals surface area contributed by atoms with E-state index in [-0.39, 0.29) is 12.5 Å². The van der Waals surface area contributed by atoms with Crippen LogP contribution in [0.4, 0.5) is 5.82 Å². The van der Waals surface area contributed by atoms with Crippen LogP contribution in [0.5, 0.6) is 5.75 Å². The second-order valence-corrected chi connectivity index (χ2v) is 8.42. The largest absolute Gasteiger partial charge is 0.483 e. The molecule has 6 nitrogen and oxygen atoms in total. The maximum absolute atomic E-state index is 12.7. The fourth-order valence-corrected chi connectivity index (χ4v) is 4.44. The zero-order chi connectivity index (χ0) is 23.3. The number of anilines is 1. The van der Waals surface area contributed by atoms with Crippen LogP contribution in [0.25, 0.3) is 22.0 Å². The Labute approximate surface area is 199 Å². The Kier molecular flexibility index (Phi) is 6.38. The van der Waals surface area contributed by atoms with Gasteiger partial charge in [-0.25, -0.2) is 0 Å². The van der Waals surface area contributed by atoms with E-state index in [1.54, 1.807) is 0 Å². The van der Waals surface area contributed by atoms with Gasteiger partial charge < -0.3 is 14.5 Å². The molecule has 0 aliphatic carbocycles. The monoisotopic (exact) mass is 452 g/mol. The molecule has 0 unspecified atom stereocenters. The van der Waals surface area contributed by atoms with Crippen molar-refractivity contribution in [2.24, 2.45) is 0 Å². The highest BCUT2D eigenvalue weighted by Crippen LogP contribution is 2.27. The summed E-state index contributed by atoms with van der Waals surface area (Å²) >= 11 is 0. The second kappa shape index (κ2) is 9.91. The third-order valence-electron chi connectivity index (χ3n) is 6.38. The number of carbonyl (C=O) groups excluding carboxylic acids is 1. The lowest BCUT2D eigenvalue weighted by Crippen LogP contribution is -2.50. The number of piperazine rings is 1. The zero-order valence-electron chi connectivity index (χ0n) is 19.4. The van der Waals surface area contributed by atoms with Crippen molar-refractivity contribution >= 4 is 22.5 Å². The fraction of sp³-hybridized carbons (Fsp3) is 0.250. The van der Waals surface area contributed by atoms with Crippen LogP contribution in [-0.4, -0.2) is 53.8 Å². The summed E-state index contributed by atoms with van der Waals surface area (Å²) in [6, 6.07) is 26.5. The van der Waals surface area contributed by atoms with E-state index in [1.165, 1.54) is 10.8 Å². The molecule has 0 N–H and O–H groups in total. The van der Waals surface area contributed by atoms with Gasteiger partial charge in [-0.05, 0) is 41.0 Å². The van der Waals surface area contributed by atoms with Crippen LogP contribution in [0.15, 0.2) is 78.9 Å². The number of carbonyl (C=O) groups is 1. The molecule has 1 saturated heterocycles. The van der Waals surface area contributed by atoms with Crippen LogP contribution < -0.4 is 9.64 Å². The molecule has 1 amide bonds. The van der Waals surface area contributed by atoms with Crippen molar-refractivity contribution in [3.8, 4) is 17.0 Å². The molecule has 0 spiro atoms. The van der Waals surface area contributed by atoms with Crippen LogP contribution >= 0.6 is 0 Å². The minimum absolute atomic E-state index is 0.0166. The molecule has 1 aliphatic heterocycles. The van der Waals surface area contributed by atoms with Gasteiger partial charge in [0.25, 0.3) is 5.91 Å². The van der Waals surface area contributed by atoms with Crippen molar-refractivity contribution in [2.45, 2.75) is 13.3 Å². The van der Waals surface area contributed by atoms with Gasteiger partial charge in [0.2, 0.25) is 0 Å². The van der Waals surface area contributed by atoms with Gasteiger partial charge >= 0.3 is 0 Å². The summed E-state index contributed by atoms with van der Waals surface area (Å²) in [5.74, 6) is 1.64. The summed E-state index contributed by atoms with van der Waals surface area (Å²) < 4.78 is 5.81. The van der Waals surface area contributed by atoms with Gasteiger partial charge in [0.1, 0.15) is 5.75 Å². The maximum Gasteiger partial charge on any atom is 0.260 e. The number of para-hydroxylation sites is 1. The number of rotatable bonds is 6. The molecule has 6 heteroatoms. The van der Waals surface area contributed by atoms with Crippen LogP contribution in [0.2, 0.25) is 0 Å². The number of ether oxygens (including phenoxy) is 1. The molecule has 1 fully saturated rings. The average Bonchev–Trinajstić information content (AvgIpc) is 2.92. The van der Waals surface area contributed by atoms with E-state index in [2.05, 4.69) is 46.3 Å². The number of amides is 1. The van der Waals surface area contributed by atoms with Gasteiger partial charge in [-0.1, -0.05) is 67.6 Å². The molecule has 4 aromatic rings. The SMILES string of the molecule is CCc1ccccc1OCC(=O)N1CCN(c2ccc(-c3cccc4ccccc34)nn2)CC1. The molecular formula is C28H28N4O2. The smallest absolute Gasteiger partial charge is 0.260 e. The topological polar surface area (TPSA) is 58.6 Å².